The molecule has 2 aliphatic heterocycles. The molecule has 16 heteroatoms. The first kappa shape index (κ1) is 37.0. The smallest absolute Gasteiger partial charge is 0.414 e. The van der Waals surface area contributed by atoms with Crippen LogP contribution >= 0.6 is 23.5 Å². The molecule has 2 saturated heterocycles. The van der Waals surface area contributed by atoms with Gasteiger partial charge in [-0.15, -0.1) is 10.2 Å². The van der Waals surface area contributed by atoms with Crippen LogP contribution in [0.2, 0.25) is 0 Å². The number of thioether (sulfide) groups is 2. The first-order valence-electron chi connectivity index (χ1n) is 15.6. The number of rotatable bonds is 10. The summed E-state index contributed by atoms with van der Waals surface area (Å²) in [4.78, 5) is 32.1. The number of carboxylic acids is 2. The van der Waals surface area contributed by atoms with Crippen LogP contribution in [0.15, 0.2) is 71.0 Å². The molecule has 0 aliphatic carbocycles. The summed E-state index contributed by atoms with van der Waals surface area (Å²) >= 11 is 3.44. The lowest BCUT2D eigenvalue weighted by molar-refractivity contribution is -0.159. The highest BCUT2D eigenvalue weighted by atomic mass is 32.2. The summed E-state index contributed by atoms with van der Waals surface area (Å²) in [6, 6.07) is 20.3. The molecule has 2 aliphatic rings. The van der Waals surface area contributed by atoms with Gasteiger partial charge in [-0.3, -0.25) is 9.80 Å². The van der Waals surface area contributed by atoms with Crippen molar-refractivity contribution in [2.45, 2.75) is 24.2 Å². The molecule has 48 heavy (non-hydrogen) atoms. The molecule has 258 valence electrons. The maximum Gasteiger partial charge on any atom is 0.414 e. The molecular weight excluding hydrogens is 657 g/mol. The van der Waals surface area contributed by atoms with E-state index in [0.717, 1.165) is 111 Å². The number of carboxylic acid groups (broad SMARTS) is 2. The van der Waals surface area contributed by atoms with E-state index in [4.69, 9.17) is 29.3 Å². The number of hydrogen-bond acceptors (Lipinski definition) is 12. The lowest BCUT2D eigenvalue weighted by Gasteiger charge is -2.25. The number of para-hydroxylation sites is 2. The third kappa shape index (κ3) is 12.3. The molecule has 4 heterocycles. The van der Waals surface area contributed by atoms with Gasteiger partial charge in [0.2, 0.25) is 10.3 Å². The molecule has 0 amide bonds. The average molecular weight is 699 g/mol. The van der Waals surface area contributed by atoms with Crippen LogP contribution in [0.1, 0.15) is 11.6 Å². The highest BCUT2D eigenvalue weighted by Gasteiger charge is 2.14. The monoisotopic (exact) mass is 698 g/mol. The average Bonchev–Trinajstić information content (AvgIpc) is 3.68. The molecule has 0 atom stereocenters. The molecule has 0 spiro atoms. The van der Waals surface area contributed by atoms with Crippen molar-refractivity contribution in [1.82, 2.24) is 39.3 Å². The van der Waals surface area contributed by atoms with Gasteiger partial charge in [-0.25, -0.2) is 28.9 Å². The molecule has 0 unspecified atom stereocenters. The quantitative estimate of drug-likeness (QED) is 0.184. The van der Waals surface area contributed by atoms with Crippen LogP contribution < -0.4 is 0 Å². The van der Waals surface area contributed by atoms with Gasteiger partial charge in [0.05, 0.1) is 37.8 Å². The van der Waals surface area contributed by atoms with Gasteiger partial charge in [0, 0.05) is 50.8 Å². The summed E-state index contributed by atoms with van der Waals surface area (Å²) in [6.45, 7) is 13.6. The Morgan fingerprint density at radius 3 is 1.33 bits per heavy atom. The third-order valence-electron chi connectivity index (χ3n) is 7.17. The summed E-state index contributed by atoms with van der Waals surface area (Å²) < 4.78 is 14.5. The standard InChI is InChI=1S/2C15H20N4OS.C2H2O4/c2*1-13-16-15(17-19(13)14-5-3-2-4-6-14)21-12-9-18-7-10-20-11-8-18;3-1(4)2(5)6/h2*2-6H,7-12H2,1H3;(H,3,4)(H,5,6). The van der Waals surface area contributed by atoms with E-state index in [-0.39, 0.29) is 0 Å². The molecule has 6 rings (SSSR count). The second-order valence-corrected chi connectivity index (χ2v) is 12.7. The van der Waals surface area contributed by atoms with Crippen molar-refractivity contribution in [3.05, 3.63) is 72.3 Å². The van der Waals surface area contributed by atoms with Gasteiger partial charge >= 0.3 is 11.9 Å². The van der Waals surface area contributed by atoms with Crippen LogP contribution in [0.25, 0.3) is 11.4 Å². The number of hydrogen-bond donors (Lipinski definition) is 2. The van der Waals surface area contributed by atoms with Crippen molar-refractivity contribution in [3.8, 4) is 11.4 Å². The molecule has 0 radical (unpaired) electrons. The zero-order chi connectivity index (χ0) is 34.1. The first-order valence-corrected chi connectivity index (χ1v) is 17.6. The van der Waals surface area contributed by atoms with Crippen molar-refractivity contribution < 1.29 is 29.3 Å². The minimum absolute atomic E-state index is 0.851. The Balaban J connectivity index is 0.000000186. The number of nitrogens with zero attached hydrogens (tertiary/aromatic N) is 8. The normalized spacial score (nSPS) is 15.1. The SMILES string of the molecule is Cc1nc(SCCN2CCOCC2)nn1-c1ccccc1.Cc1nc(SCCN2CCOCC2)nn1-c1ccccc1.O=C(O)C(=O)O. The number of aryl methyl sites for hydroxylation is 2. The van der Waals surface area contributed by atoms with Gasteiger partial charge in [-0.2, -0.15) is 0 Å². The lowest BCUT2D eigenvalue weighted by atomic mass is 10.3. The van der Waals surface area contributed by atoms with Crippen LogP contribution in [0.3, 0.4) is 0 Å². The molecule has 14 nitrogen and oxygen atoms in total. The molecular formula is C32H42N8O6S2. The van der Waals surface area contributed by atoms with Crippen molar-refractivity contribution in [3.63, 3.8) is 0 Å². The number of aromatic nitrogens is 6. The fourth-order valence-electron chi connectivity index (χ4n) is 4.66. The van der Waals surface area contributed by atoms with E-state index >= 15 is 0 Å². The Morgan fingerprint density at radius 1 is 0.646 bits per heavy atom. The molecule has 0 saturated carbocycles. The Bertz CT molecular complexity index is 1430. The van der Waals surface area contributed by atoms with Gasteiger partial charge in [0.15, 0.2) is 0 Å². The zero-order valence-electron chi connectivity index (χ0n) is 27.2. The van der Waals surface area contributed by atoms with E-state index in [1.165, 1.54) is 0 Å². The van der Waals surface area contributed by atoms with Gasteiger partial charge in [0.1, 0.15) is 11.6 Å². The highest BCUT2D eigenvalue weighted by molar-refractivity contribution is 7.99. The Morgan fingerprint density at radius 2 is 1.00 bits per heavy atom. The van der Waals surface area contributed by atoms with E-state index in [1.54, 1.807) is 23.5 Å². The van der Waals surface area contributed by atoms with Crippen LogP contribution in [-0.2, 0) is 19.1 Å². The predicted molar refractivity (Wildman–Crippen MR) is 183 cm³/mol. The summed E-state index contributed by atoms with van der Waals surface area (Å²) in [5.74, 6) is 0.228. The summed E-state index contributed by atoms with van der Waals surface area (Å²) in [5.41, 5.74) is 2.12. The van der Waals surface area contributed by atoms with Crippen molar-refractivity contribution in [1.29, 1.82) is 0 Å². The second kappa shape index (κ2) is 19.9. The number of carbonyl (C=O) groups is 2. The highest BCUT2D eigenvalue weighted by Crippen LogP contribution is 2.18. The predicted octanol–water partition coefficient (Wildman–Crippen LogP) is 3.16. The maximum absolute atomic E-state index is 9.10. The number of aliphatic carboxylic acids is 2. The second-order valence-electron chi connectivity index (χ2n) is 10.6. The number of benzene rings is 2. The fraction of sp³-hybridized carbons (Fsp3) is 0.438. The fourth-order valence-corrected chi connectivity index (χ4v) is 6.40. The van der Waals surface area contributed by atoms with E-state index in [9.17, 15) is 0 Å². The van der Waals surface area contributed by atoms with Crippen LogP contribution in [0, 0.1) is 13.8 Å². The largest absolute Gasteiger partial charge is 0.473 e. The minimum atomic E-state index is -1.82. The molecule has 0 bridgehead atoms. The van der Waals surface area contributed by atoms with Crippen LogP contribution in [-0.4, -0.2) is 139 Å². The van der Waals surface area contributed by atoms with Crippen molar-refractivity contribution in [2.24, 2.45) is 0 Å². The first-order chi connectivity index (χ1) is 23.3. The van der Waals surface area contributed by atoms with E-state index in [0.29, 0.717) is 0 Å². The van der Waals surface area contributed by atoms with E-state index < -0.39 is 11.9 Å². The van der Waals surface area contributed by atoms with Crippen LogP contribution in [0.5, 0.6) is 0 Å². The molecule has 2 N–H and O–H groups in total. The number of ether oxygens (including phenoxy) is 2. The lowest BCUT2D eigenvalue weighted by Crippen LogP contribution is -2.37. The van der Waals surface area contributed by atoms with Crippen molar-refractivity contribution in [2.75, 3.05) is 77.2 Å². The Labute approximate surface area is 288 Å². The maximum atomic E-state index is 9.10. The Hall–Kier alpha value is -3.80. The molecule has 2 aromatic heterocycles. The summed E-state index contributed by atoms with van der Waals surface area (Å²) in [6.07, 6.45) is 0. The third-order valence-corrected chi connectivity index (χ3v) is 8.80. The van der Waals surface area contributed by atoms with E-state index in [2.05, 4.69) is 30.0 Å². The van der Waals surface area contributed by atoms with Gasteiger partial charge in [-0.1, -0.05) is 59.9 Å². The topological polar surface area (TPSA) is 161 Å². The molecule has 2 fully saturated rings. The zero-order valence-corrected chi connectivity index (χ0v) is 28.8. The van der Waals surface area contributed by atoms with Gasteiger partial charge < -0.3 is 19.7 Å². The van der Waals surface area contributed by atoms with Crippen molar-refractivity contribution >= 4 is 35.5 Å². The Kier molecular flexibility index (Phi) is 15.3. The van der Waals surface area contributed by atoms with E-state index in [1.807, 2.05) is 83.9 Å². The minimum Gasteiger partial charge on any atom is -0.473 e. The number of morpholine rings is 2. The summed E-state index contributed by atoms with van der Waals surface area (Å²) in [5, 5.41) is 25.7. The summed E-state index contributed by atoms with van der Waals surface area (Å²) in [7, 11) is 0. The molecule has 2 aromatic carbocycles. The molecule has 4 aromatic rings. The van der Waals surface area contributed by atoms with Gasteiger partial charge in [-0.05, 0) is 38.1 Å². The van der Waals surface area contributed by atoms with Crippen LogP contribution in [0.4, 0.5) is 0 Å². The van der Waals surface area contributed by atoms with Gasteiger partial charge in [0.25, 0.3) is 0 Å².